The number of carbonyl (C=O) groups excluding carboxylic acids is 2. The number of nitrogens with two attached hydrogens (primary N) is 2. The Labute approximate surface area is 132 Å². The van der Waals surface area contributed by atoms with Crippen LogP contribution < -0.4 is 32.0 Å². The molecule has 1 rings (SSSR count). The van der Waals surface area contributed by atoms with Gasteiger partial charge in [0.2, 0.25) is 23.6 Å². The number of hydrogen-bond acceptors (Lipinski definition) is 10. The second-order valence-corrected chi connectivity index (χ2v) is 3.95. The number of carbonyl (C=O) groups is 4. The lowest BCUT2D eigenvalue weighted by Gasteiger charge is -2.12. The summed E-state index contributed by atoms with van der Waals surface area (Å²) in [6, 6.07) is 0. The second kappa shape index (κ2) is 8.20. The van der Waals surface area contributed by atoms with E-state index in [0.717, 1.165) is 0 Å². The molecule has 0 radical (unpaired) electrons. The molecule has 0 spiro atoms. The smallest absolute Gasteiger partial charge is 0.449 e. The van der Waals surface area contributed by atoms with Gasteiger partial charge in [-0.2, -0.15) is 9.97 Å². The third-order valence-electron chi connectivity index (χ3n) is 2.32. The summed E-state index contributed by atoms with van der Waals surface area (Å²) < 4.78 is 8.76. The van der Waals surface area contributed by atoms with E-state index in [1.165, 1.54) is 0 Å². The van der Waals surface area contributed by atoms with Gasteiger partial charge in [-0.3, -0.25) is 20.4 Å². The fraction of sp³-hybridized carbons (Fsp3) is 0.200. The maximum atomic E-state index is 11.4. The molecule has 14 nitrogen and oxygen atoms in total. The van der Waals surface area contributed by atoms with E-state index in [-0.39, 0.29) is 5.82 Å². The SMILES string of the molecule is NNC(=O)Cc1nc(OC(=O)O)c(CC(=O)NN)c(OC(=O)O)n1. The number of hydrogen-bond donors (Lipinski definition) is 6. The van der Waals surface area contributed by atoms with Crippen LogP contribution in [0.15, 0.2) is 0 Å². The van der Waals surface area contributed by atoms with E-state index >= 15 is 0 Å². The van der Waals surface area contributed by atoms with Gasteiger partial charge in [-0.25, -0.2) is 21.3 Å². The number of aromatic nitrogens is 2. The fourth-order valence-corrected chi connectivity index (χ4v) is 1.46. The van der Waals surface area contributed by atoms with E-state index in [1.807, 2.05) is 0 Å². The van der Waals surface area contributed by atoms with Gasteiger partial charge < -0.3 is 19.7 Å². The van der Waals surface area contributed by atoms with Gasteiger partial charge in [0.1, 0.15) is 5.82 Å². The van der Waals surface area contributed by atoms with Gasteiger partial charge in [0.15, 0.2) is 0 Å². The number of nitrogens with zero attached hydrogens (tertiary/aromatic N) is 2. The van der Waals surface area contributed by atoms with Crippen molar-refractivity contribution < 1.29 is 38.9 Å². The van der Waals surface area contributed by atoms with Crippen LogP contribution in [0.25, 0.3) is 0 Å². The second-order valence-electron chi connectivity index (χ2n) is 3.95. The van der Waals surface area contributed by atoms with Gasteiger partial charge in [0.05, 0.1) is 18.4 Å². The van der Waals surface area contributed by atoms with E-state index in [9.17, 15) is 19.2 Å². The first-order valence-corrected chi connectivity index (χ1v) is 5.97. The molecule has 0 aliphatic carbocycles. The molecule has 0 unspecified atom stereocenters. The molecule has 8 N–H and O–H groups in total. The van der Waals surface area contributed by atoms with Gasteiger partial charge in [0.25, 0.3) is 0 Å². The van der Waals surface area contributed by atoms with Gasteiger partial charge in [0, 0.05) is 0 Å². The topological polar surface area (TPSA) is 229 Å². The van der Waals surface area contributed by atoms with Crippen LogP contribution in [0, 0.1) is 0 Å². The molecular formula is C10H12N6O8. The number of carboxylic acid groups (broad SMARTS) is 2. The van der Waals surface area contributed by atoms with Crippen molar-refractivity contribution >= 4 is 24.1 Å². The number of ether oxygens (including phenoxy) is 2. The molecule has 1 aromatic rings. The number of nitrogens with one attached hydrogen (secondary N) is 2. The van der Waals surface area contributed by atoms with Gasteiger partial charge in [-0.05, 0) is 0 Å². The summed E-state index contributed by atoms with van der Waals surface area (Å²) in [5, 5.41) is 17.4. The molecular weight excluding hydrogens is 332 g/mol. The Bertz CT molecular complexity index is 640. The van der Waals surface area contributed by atoms with Gasteiger partial charge >= 0.3 is 12.3 Å². The maximum Gasteiger partial charge on any atom is 0.512 e. The molecule has 1 heterocycles. The van der Waals surface area contributed by atoms with Crippen molar-refractivity contribution in [1.29, 1.82) is 0 Å². The lowest BCUT2D eigenvalue weighted by molar-refractivity contribution is -0.121. The molecule has 0 saturated carbocycles. The van der Waals surface area contributed by atoms with Crippen LogP contribution in [0.2, 0.25) is 0 Å². The predicted octanol–water partition coefficient (Wildman–Crippen LogP) is -2.34. The highest BCUT2D eigenvalue weighted by molar-refractivity contribution is 5.80. The minimum Gasteiger partial charge on any atom is -0.449 e. The van der Waals surface area contributed by atoms with Crippen molar-refractivity contribution in [2.75, 3.05) is 0 Å². The summed E-state index contributed by atoms with van der Waals surface area (Å²) in [6.45, 7) is 0. The highest BCUT2D eigenvalue weighted by Crippen LogP contribution is 2.26. The summed E-state index contributed by atoms with van der Waals surface area (Å²) in [4.78, 5) is 51.4. The van der Waals surface area contributed by atoms with Crippen LogP contribution in [-0.2, 0) is 22.4 Å². The van der Waals surface area contributed by atoms with E-state index in [0.29, 0.717) is 0 Å². The van der Waals surface area contributed by atoms with Crippen molar-refractivity contribution in [2.24, 2.45) is 11.7 Å². The normalized spacial score (nSPS) is 9.75. The highest BCUT2D eigenvalue weighted by Gasteiger charge is 2.24. The van der Waals surface area contributed by atoms with Crippen molar-refractivity contribution in [3.8, 4) is 11.8 Å². The summed E-state index contributed by atoms with van der Waals surface area (Å²) >= 11 is 0. The standard InChI is InChI=1S/C10H12N6O8/c11-15-5(17)1-3-7(23-9(19)20)13-4(2-6(18)16-12)14-8(3)24-10(21)22/h1-2,11-12H2,(H,15,17)(H,16,18)(H,19,20)(H,21,22). The Balaban J connectivity index is 3.42. The predicted molar refractivity (Wildman–Crippen MR) is 71.4 cm³/mol. The third-order valence-corrected chi connectivity index (χ3v) is 2.32. The summed E-state index contributed by atoms with van der Waals surface area (Å²) in [6.07, 6.45) is -4.80. The molecule has 0 saturated heterocycles. The molecule has 0 bridgehead atoms. The molecule has 0 aliphatic heterocycles. The molecule has 1 aromatic heterocycles. The van der Waals surface area contributed by atoms with Crippen LogP contribution in [0.5, 0.6) is 11.8 Å². The molecule has 0 aromatic carbocycles. The van der Waals surface area contributed by atoms with Crippen molar-refractivity contribution in [2.45, 2.75) is 12.8 Å². The average Bonchev–Trinajstić information content (AvgIpc) is 2.49. The minimum absolute atomic E-state index is 0.359. The zero-order valence-electron chi connectivity index (χ0n) is 11.8. The number of hydrazine groups is 2. The minimum atomic E-state index is -1.81. The lowest BCUT2D eigenvalue weighted by Crippen LogP contribution is -2.33. The Morgan fingerprint density at radius 2 is 1.29 bits per heavy atom. The molecule has 130 valence electrons. The molecule has 0 atom stereocenters. The highest BCUT2D eigenvalue weighted by atomic mass is 16.7. The summed E-state index contributed by atoms with van der Waals surface area (Å²) in [7, 11) is 0. The Kier molecular flexibility index (Phi) is 6.33. The third kappa shape index (κ3) is 5.35. The Hall–Kier alpha value is -3.52. The first kappa shape index (κ1) is 18.5. The first-order chi connectivity index (χ1) is 11.3. The Morgan fingerprint density at radius 3 is 1.67 bits per heavy atom. The van der Waals surface area contributed by atoms with Crippen LogP contribution in [0.4, 0.5) is 9.59 Å². The zero-order chi connectivity index (χ0) is 18.3. The zero-order valence-corrected chi connectivity index (χ0v) is 11.8. The van der Waals surface area contributed by atoms with Crippen LogP contribution in [0.1, 0.15) is 11.4 Å². The number of amides is 2. The lowest BCUT2D eigenvalue weighted by atomic mass is 10.2. The van der Waals surface area contributed by atoms with E-state index < -0.39 is 54.3 Å². The molecule has 2 amide bonds. The molecule has 0 aliphatic rings. The largest absolute Gasteiger partial charge is 0.512 e. The van der Waals surface area contributed by atoms with Gasteiger partial charge in [-0.15, -0.1) is 0 Å². The molecule has 24 heavy (non-hydrogen) atoms. The monoisotopic (exact) mass is 344 g/mol. The quantitative estimate of drug-likeness (QED) is 0.138. The maximum absolute atomic E-state index is 11.4. The van der Waals surface area contributed by atoms with Gasteiger partial charge in [-0.1, -0.05) is 0 Å². The van der Waals surface area contributed by atoms with Crippen LogP contribution in [0.3, 0.4) is 0 Å². The summed E-state index contributed by atoms with van der Waals surface area (Å²) in [5.74, 6) is 6.46. The number of rotatable bonds is 6. The van der Waals surface area contributed by atoms with Crippen LogP contribution >= 0.6 is 0 Å². The van der Waals surface area contributed by atoms with Crippen LogP contribution in [-0.4, -0.2) is 44.3 Å². The van der Waals surface area contributed by atoms with E-state index in [1.54, 1.807) is 10.9 Å². The van der Waals surface area contributed by atoms with Crippen molar-refractivity contribution in [3.63, 3.8) is 0 Å². The average molecular weight is 344 g/mol. The van der Waals surface area contributed by atoms with Crippen molar-refractivity contribution in [3.05, 3.63) is 11.4 Å². The molecule has 14 heteroatoms. The first-order valence-electron chi connectivity index (χ1n) is 5.97. The van der Waals surface area contributed by atoms with E-state index in [4.69, 9.17) is 21.9 Å². The summed E-state index contributed by atoms with van der Waals surface area (Å²) in [5.41, 5.74) is 3.12. The fourth-order valence-electron chi connectivity index (χ4n) is 1.46. The van der Waals surface area contributed by atoms with E-state index in [2.05, 4.69) is 19.4 Å². The Morgan fingerprint density at radius 1 is 0.875 bits per heavy atom. The van der Waals surface area contributed by atoms with Crippen molar-refractivity contribution in [1.82, 2.24) is 20.8 Å². The molecule has 0 fully saturated rings.